The summed E-state index contributed by atoms with van der Waals surface area (Å²) < 4.78 is 8.99. The smallest absolute Gasteiger partial charge is 0.344 e. The molecule has 1 rings (SSSR count). The van der Waals surface area contributed by atoms with Crippen LogP contribution < -0.4 is 11.1 Å². The first-order chi connectivity index (χ1) is 8.79. The Labute approximate surface area is 118 Å². The molecule has 3 N–H and O–H groups in total. The first-order valence-electron chi connectivity index (χ1n) is 6.13. The average Bonchev–Trinajstić information content (AvgIpc) is 2.68. The van der Waals surface area contributed by atoms with Crippen molar-refractivity contribution < 1.29 is 9.53 Å². The van der Waals surface area contributed by atoms with Gasteiger partial charge in [0, 0.05) is 12.1 Å². The zero-order valence-electron chi connectivity index (χ0n) is 12.1. The molecule has 0 bridgehead atoms. The molecule has 7 heteroatoms. The van der Waals surface area contributed by atoms with E-state index in [1.54, 1.807) is 6.92 Å². The number of likely N-dealkylation sites (N-methyl/N-ethyl adjacent to an activating group) is 1. The van der Waals surface area contributed by atoms with Crippen LogP contribution in [0, 0.1) is 0 Å². The Morgan fingerprint density at radius 1 is 1.53 bits per heavy atom. The molecule has 1 aromatic rings. The number of nitrogens with two attached hydrogens (primary N) is 1. The fourth-order valence-electron chi connectivity index (χ4n) is 1.28. The average molecular weight is 286 g/mol. The molecule has 1 aromatic heterocycles. The van der Waals surface area contributed by atoms with E-state index in [-0.39, 0.29) is 11.4 Å². The van der Waals surface area contributed by atoms with Gasteiger partial charge in [0.25, 0.3) is 0 Å². The van der Waals surface area contributed by atoms with Crippen molar-refractivity contribution in [3.05, 3.63) is 5.56 Å². The predicted molar refractivity (Wildman–Crippen MR) is 78.7 cm³/mol. The molecule has 0 radical (unpaired) electrons. The number of hydrogen-bond donors (Lipinski definition) is 2. The van der Waals surface area contributed by atoms with E-state index in [4.69, 9.17) is 10.5 Å². The molecule has 0 unspecified atom stereocenters. The van der Waals surface area contributed by atoms with Crippen molar-refractivity contribution in [2.45, 2.75) is 26.3 Å². The lowest BCUT2D eigenvalue weighted by Crippen LogP contribution is -2.44. The fourth-order valence-corrected chi connectivity index (χ4v) is 1.98. The zero-order valence-corrected chi connectivity index (χ0v) is 12.9. The number of hydrogen-bond acceptors (Lipinski definition) is 7. The minimum Gasteiger partial charge on any atom is -0.462 e. The zero-order chi connectivity index (χ0) is 14.6. The number of anilines is 2. The Morgan fingerprint density at radius 2 is 2.16 bits per heavy atom. The highest BCUT2D eigenvalue weighted by atomic mass is 32.1. The van der Waals surface area contributed by atoms with Crippen molar-refractivity contribution in [2.75, 3.05) is 38.3 Å². The van der Waals surface area contributed by atoms with E-state index in [0.717, 1.165) is 0 Å². The largest absolute Gasteiger partial charge is 0.462 e. The van der Waals surface area contributed by atoms with Gasteiger partial charge in [0.05, 0.1) is 6.61 Å². The maximum absolute atomic E-state index is 11.8. The predicted octanol–water partition coefficient (Wildman–Crippen LogP) is 1.65. The standard InChI is InChI=1S/C12H22N4O2S/c1-6-18-11(17)8-9(13)15-19-10(8)14-7-12(2,3)16(4)5/h14H,6-7H2,1-5H3,(H2,13,15). The van der Waals surface area contributed by atoms with Crippen molar-refractivity contribution in [1.29, 1.82) is 0 Å². The number of ether oxygens (including phenoxy) is 1. The third-order valence-electron chi connectivity index (χ3n) is 3.09. The number of carbonyl (C=O) groups is 1. The van der Waals surface area contributed by atoms with Crippen LogP contribution in [0.25, 0.3) is 0 Å². The summed E-state index contributed by atoms with van der Waals surface area (Å²) in [6.07, 6.45) is 0. The maximum atomic E-state index is 11.8. The number of rotatable bonds is 6. The molecule has 0 aliphatic rings. The van der Waals surface area contributed by atoms with Crippen LogP contribution in [-0.2, 0) is 4.74 Å². The monoisotopic (exact) mass is 286 g/mol. The molecular weight excluding hydrogens is 264 g/mol. The highest BCUT2D eigenvalue weighted by Crippen LogP contribution is 2.28. The molecular formula is C12H22N4O2S. The van der Waals surface area contributed by atoms with Gasteiger partial charge in [0.15, 0.2) is 5.82 Å². The van der Waals surface area contributed by atoms with Gasteiger partial charge in [-0.1, -0.05) is 0 Å². The van der Waals surface area contributed by atoms with E-state index in [1.807, 2.05) is 14.1 Å². The summed E-state index contributed by atoms with van der Waals surface area (Å²) >= 11 is 1.18. The number of nitrogens with one attached hydrogen (secondary N) is 1. The third kappa shape index (κ3) is 3.81. The maximum Gasteiger partial charge on any atom is 0.344 e. The number of nitrogens with zero attached hydrogens (tertiary/aromatic N) is 2. The van der Waals surface area contributed by atoms with Gasteiger partial charge in [-0.2, -0.15) is 4.37 Å². The van der Waals surface area contributed by atoms with Crippen LogP contribution in [0.5, 0.6) is 0 Å². The molecule has 19 heavy (non-hydrogen) atoms. The molecule has 1 heterocycles. The quantitative estimate of drug-likeness (QED) is 0.774. The first kappa shape index (κ1) is 15.7. The van der Waals surface area contributed by atoms with Gasteiger partial charge in [0.2, 0.25) is 0 Å². The SMILES string of the molecule is CCOC(=O)c1c(N)nsc1NCC(C)(C)N(C)C. The fraction of sp³-hybridized carbons (Fsp3) is 0.667. The second-order valence-corrected chi connectivity index (χ2v) is 5.83. The molecule has 0 aromatic carbocycles. The molecule has 0 saturated heterocycles. The minimum atomic E-state index is -0.432. The van der Waals surface area contributed by atoms with E-state index in [0.29, 0.717) is 23.7 Å². The van der Waals surface area contributed by atoms with Gasteiger partial charge < -0.3 is 20.7 Å². The lowest BCUT2D eigenvalue weighted by Gasteiger charge is -2.32. The second kappa shape index (κ2) is 6.21. The van der Waals surface area contributed by atoms with Crippen LogP contribution in [0.1, 0.15) is 31.1 Å². The Kier molecular flexibility index (Phi) is 5.13. The van der Waals surface area contributed by atoms with Crippen molar-refractivity contribution in [3.8, 4) is 0 Å². The first-order valence-corrected chi connectivity index (χ1v) is 6.90. The summed E-state index contributed by atoms with van der Waals surface area (Å²) in [5.74, 6) is -0.215. The summed E-state index contributed by atoms with van der Waals surface area (Å²) in [7, 11) is 4.02. The van der Waals surface area contributed by atoms with Crippen LogP contribution >= 0.6 is 11.5 Å². The van der Waals surface area contributed by atoms with E-state index >= 15 is 0 Å². The summed E-state index contributed by atoms with van der Waals surface area (Å²) in [5.41, 5.74) is 6.00. The molecule has 0 amide bonds. The number of carbonyl (C=O) groups excluding carboxylic acids is 1. The van der Waals surface area contributed by atoms with Crippen molar-refractivity contribution in [2.24, 2.45) is 0 Å². The summed E-state index contributed by atoms with van der Waals surface area (Å²) in [4.78, 5) is 13.9. The molecule has 6 nitrogen and oxygen atoms in total. The third-order valence-corrected chi connectivity index (χ3v) is 3.91. The van der Waals surface area contributed by atoms with E-state index in [2.05, 4.69) is 28.4 Å². The number of esters is 1. The summed E-state index contributed by atoms with van der Waals surface area (Å²) in [6.45, 7) is 6.96. The Morgan fingerprint density at radius 3 is 2.68 bits per heavy atom. The molecule has 0 spiro atoms. The van der Waals surface area contributed by atoms with Crippen molar-refractivity contribution in [3.63, 3.8) is 0 Å². The lowest BCUT2D eigenvalue weighted by atomic mass is 10.0. The van der Waals surface area contributed by atoms with Gasteiger partial charge >= 0.3 is 5.97 Å². The summed E-state index contributed by atoms with van der Waals surface area (Å²) in [5, 5.41) is 3.89. The molecule has 0 aliphatic heterocycles. The molecule has 0 saturated carbocycles. The topological polar surface area (TPSA) is 80.5 Å². The van der Waals surface area contributed by atoms with Gasteiger partial charge in [-0.15, -0.1) is 0 Å². The highest BCUT2D eigenvalue weighted by molar-refractivity contribution is 7.11. The van der Waals surface area contributed by atoms with Gasteiger partial charge in [-0.3, -0.25) is 0 Å². The van der Waals surface area contributed by atoms with Crippen LogP contribution in [0.2, 0.25) is 0 Å². The summed E-state index contributed by atoms with van der Waals surface area (Å²) in [6, 6.07) is 0. The number of nitrogen functional groups attached to an aromatic ring is 1. The van der Waals surface area contributed by atoms with Crippen LogP contribution in [0.15, 0.2) is 0 Å². The van der Waals surface area contributed by atoms with Crippen molar-refractivity contribution >= 4 is 28.3 Å². The Bertz CT molecular complexity index is 443. The van der Waals surface area contributed by atoms with Crippen LogP contribution in [-0.4, -0.2) is 48.0 Å². The second-order valence-electron chi connectivity index (χ2n) is 5.05. The molecule has 108 valence electrons. The molecule has 0 atom stereocenters. The van der Waals surface area contributed by atoms with Gasteiger partial charge in [0.1, 0.15) is 10.6 Å². The Balaban J connectivity index is 2.83. The van der Waals surface area contributed by atoms with E-state index in [1.165, 1.54) is 11.5 Å². The molecule has 0 fully saturated rings. The van der Waals surface area contributed by atoms with Gasteiger partial charge in [-0.05, 0) is 46.4 Å². The highest BCUT2D eigenvalue weighted by Gasteiger charge is 2.24. The lowest BCUT2D eigenvalue weighted by molar-refractivity contribution is 0.0529. The normalized spacial score (nSPS) is 11.7. The van der Waals surface area contributed by atoms with Crippen LogP contribution in [0.3, 0.4) is 0 Å². The Hall–Kier alpha value is -1.34. The van der Waals surface area contributed by atoms with Crippen LogP contribution in [0.4, 0.5) is 10.8 Å². The minimum absolute atomic E-state index is 0.0509. The number of aromatic nitrogens is 1. The van der Waals surface area contributed by atoms with E-state index < -0.39 is 5.97 Å². The van der Waals surface area contributed by atoms with Gasteiger partial charge in [-0.25, -0.2) is 4.79 Å². The van der Waals surface area contributed by atoms with Crippen molar-refractivity contribution in [1.82, 2.24) is 9.27 Å². The van der Waals surface area contributed by atoms with E-state index in [9.17, 15) is 4.79 Å². The molecule has 0 aliphatic carbocycles.